The van der Waals surface area contributed by atoms with Crippen molar-refractivity contribution < 1.29 is 28.3 Å². The van der Waals surface area contributed by atoms with Crippen molar-refractivity contribution in [1.82, 2.24) is 5.32 Å². The predicted octanol–water partition coefficient (Wildman–Crippen LogP) is 1.98. The molecule has 22 heavy (non-hydrogen) atoms. The third-order valence-electron chi connectivity index (χ3n) is 3.88. The van der Waals surface area contributed by atoms with Gasteiger partial charge in [-0.1, -0.05) is 0 Å². The van der Waals surface area contributed by atoms with Gasteiger partial charge in [0.05, 0.1) is 20.0 Å². The van der Waals surface area contributed by atoms with Crippen LogP contribution in [0.5, 0.6) is 0 Å². The minimum atomic E-state index is -1.47. The Morgan fingerprint density at radius 2 is 2.27 bits per heavy atom. The molecular formula is C15H19NO6. The predicted molar refractivity (Wildman–Crippen MR) is 74.9 cm³/mol. The highest BCUT2D eigenvalue weighted by molar-refractivity contribution is 6.06. The van der Waals surface area contributed by atoms with E-state index in [1.807, 2.05) is 0 Å². The Morgan fingerprint density at radius 3 is 2.77 bits per heavy atom. The van der Waals surface area contributed by atoms with Gasteiger partial charge in [-0.05, 0) is 31.9 Å². The van der Waals surface area contributed by atoms with Gasteiger partial charge >= 0.3 is 12.1 Å². The number of ether oxygens (including phenoxy) is 2. The number of Topliss-reactive ketones (excluding diaryl/α,β-unsaturated/α-hetero) is 1. The van der Waals surface area contributed by atoms with Crippen molar-refractivity contribution in [1.29, 1.82) is 0 Å². The number of hydrogen-bond acceptors (Lipinski definition) is 6. The number of carbonyl (C=O) groups excluding carboxylic acids is 3. The Kier molecular flexibility index (Phi) is 4.85. The molecule has 1 aliphatic rings. The van der Waals surface area contributed by atoms with E-state index in [0.29, 0.717) is 18.6 Å². The second-order valence-corrected chi connectivity index (χ2v) is 5.05. The van der Waals surface area contributed by atoms with E-state index < -0.39 is 23.5 Å². The van der Waals surface area contributed by atoms with Gasteiger partial charge in [0.15, 0.2) is 11.2 Å². The lowest BCUT2D eigenvalue weighted by Crippen LogP contribution is -2.49. The monoisotopic (exact) mass is 309 g/mol. The second-order valence-electron chi connectivity index (χ2n) is 5.05. The van der Waals surface area contributed by atoms with Crippen LogP contribution in [0.3, 0.4) is 0 Å². The van der Waals surface area contributed by atoms with Crippen LogP contribution in [-0.4, -0.2) is 31.6 Å². The molecule has 0 spiro atoms. The quantitative estimate of drug-likeness (QED) is 0.660. The topological polar surface area (TPSA) is 94.8 Å². The Balaban J connectivity index is 2.46. The van der Waals surface area contributed by atoms with Crippen LogP contribution in [0.2, 0.25) is 0 Å². The highest BCUT2D eigenvalue weighted by atomic mass is 16.5. The lowest BCUT2D eigenvalue weighted by atomic mass is 9.76. The molecule has 1 N–H and O–H groups in total. The molecule has 120 valence electrons. The first-order valence-corrected chi connectivity index (χ1v) is 7.14. The van der Waals surface area contributed by atoms with E-state index in [1.54, 1.807) is 19.1 Å². The highest BCUT2D eigenvalue weighted by Gasteiger charge is 2.57. The normalized spacial score (nSPS) is 22.2. The molecule has 7 heteroatoms. The zero-order chi connectivity index (χ0) is 16.2. The molecule has 0 bridgehead atoms. The molecule has 0 saturated heterocycles. The minimum absolute atomic E-state index is 0.150. The number of carbonyl (C=O) groups is 3. The van der Waals surface area contributed by atoms with Crippen molar-refractivity contribution in [3.63, 3.8) is 0 Å². The number of rotatable bonds is 5. The molecule has 2 rings (SSSR count). The first kappa shape index (κ1) is 16.1. The standard InChI is InChI=1S/C15H19NO6/c1-3-21-13(18)15(8-4-7-11(15)17)12(16-14(19)20-2)10-6-5-9-22-10/h5-6,9,12H,3-4,7-8H2,1-2H3,(H,16,19)/t12-,15+/m1/s1. The van der Waals surface area contributed by atoms with Crippen LogP contribution in [0.25, 0.3) is 0 Å². The van der Waals surface area contributed by atoms with Gasteiger partial charge in [0, 0.05) is 6.42 Å². The molecule has 0 aromatic carbocycles. The van der Waals surface area contributed by atoms with E-state index in [-0.39, 0.29) is 18.8 Å². The lowest BCUT2D eigenvalue weighted by molar-refractivity contribution is -0.161. The van der Waals surface area contributed by atoms with Crippen molar-refractivity contribution in [2.24, 2.45) is 5.41 Å². The van der Waals surface area contributed by atoms with Gasteiger partial charge < -0.3 is 19.2 Å². The van der Waals surface area contributed by atoms with E-state index >= 15 is 0 Å². The number of ketones is 1. The first-order chi connectivity index (χ1) is 10.6. The smallest absolute Gasteiger partial charge is 0.407 e. The molecule has 1 heterocycles. The highest BCUT2D eigenvalue weighted by Crippen LogP contribution is 2.46. The van der Waals surface area contributed by atoms with Gasteiger partial charge in [0.2, 0.25) is 0 Å². The number of methoxy groups -OCH3 is 1. The Hall–Kier alpha value is -2.31. The summed E-state index contributed by atoms with van der Waals surface area (Å²) in [5.41, 5.74) is -1.47. The Morgan fingerprint density at radius 1 is 1.50 bits per heavy atom. The zero-order valence-electron chi connectivity index (χ0n) is 12.6. The van der Waals surface area contributed by atoms with Crippen LogP contribution in [-0.2, 0) is 19.1 Å². The molecular weight excluding hydrogens is 290 g/mol. The molecule has 1 aliphatic carbocycles. The number of esters is 1. The van der Waals surface area contributed by atoms with Gasteiger partial charge in [0.25, 0.3) is 0 Å². The van der Waals surface area contributed by atoms with Crippen LogP contribution >= 0.6 is 0 Å². The van der Waals surface area contributed by atoms with Gasteiger partial charge in [-0.25, -0.2) is 4.79 Å². The lowest BCUT2D eigenvalue weighted by Gasteiger charge is -2.32. The maximum Gasteiger partial charge on any atom is 0.407 e. The van der Waals surface area contributed by atoms with Crippen LogP contribution in [0, 0.1) is 5.41 Å². The summed E-state index contributed by atoms with van der Waals surface area (Å²) in [4.78, 5) is 36.7. The maximum atomic E-state index is 12.5. The van der Waals surface area contributed by atoms with E-state index in [2.05, 4.69) is 10.1 Å². The summed E-state index contributed by atoms with van der Waals surface area (Å²) in [6.45, 7) is 1.82. The fourth-order valence-corrected chi connectivity index (χ4v) is 2.86. The van der Waals surface area contributed by atoms with E-state index in [9.17, 15) is 14.4 Å². The summed E-state index contributed by atoms with van der Waals surface area (Å²) < 4.78 is 15.0. The number of hydrogen-bond donors (Lipinski definition) is 1. The molecule has 1 fully saturated rings. The van der Waals surface area contributed by atoms with Crippen LogP contribution < -0.4 is 5.32 Å². The zero-order valence-corrected chi connectivity index (χ0v) is 12.6. The van der Waals surface area contributed by atoms with Crippen molar-refractivity contribution in [3.8, 4) is 0 Å². The molecule has 0 radical (unpaired) electrons. The molecule has 1 aromatic heterocycles. The average Bonchev–Trinajstić information content (AvgIpc) is 3.15. The molecule has 2 atom stereocenters. The number of amides is 1. The fraction of sp³-hybridized carbons (Fsp3) is 0.533. The van der Waals surface area contributed by atoms with Gasteiger partial charge in [0.1, 0.15) is 11.8 Å². The van der Waals surface area contributed by atoms with Crippen molar-refractivity contribution in [2.45, 2.75) is 32.2 Å². The SMILES string of the molecule is CCOC(=O)[C@@]1([C@H](NC(=O)OC)c2ccco2)CCCC1=O. The van der Waals surface area contributed by atoms with Crippen molar-refractivity contribution in [3.05, 3.63) is 24.2 Å². The first-order valence-electron chi connectivity index (χ1n) is 7.14. The fourth-order valence-electron chi connectivity index (χ4n) is 2.86. The second kappa shape index (κ2) is 6.64. The average molecular weight is 309 g/mol. The van der Waals surface area contributed by atoms with E-state index in [1.165, 1.54) is 13.4 Å². The summed E-state index contributed by atoms with van der Waals surface area (Å²) in [6.07, 6.45) is 1.78. The minimum Gasteiger partial charge on any atom is -0.467 e. The molecule has 0 unspecified atom stereocenters. The number of alkyl carbamates (subject to hydrolysis) is 1. The third kappa shape index (κ3) is 2.70. The van der Waals surface area contributed by atoms with Crippen LogP contribution in [0.15, 0.2) is 22.8 Å². The third-order valence-corrected chi connectivity index (χ3v) is 3.88. The molecule has 1 amide bonds. The maximum absolute atomic E-state index is 12.5. The summed E-state index contributed by atoms with van der Waals surface area (Å²) in [5.74, 6) is -0.590. The number of nitrogens with one attached hydrogen (secondary N) is 1. The van der Waals surface area contributed by atoms with Crippen LogP contribution in [0.1, 0.15) is 38.0 Å². The largest absolute Gasteiger partial charge is 0.467 e. The van der Waals surface area contributed by atoms with Gasteiger partial charge in [-0.3, -0.25) is 9.59 Å². The summed E-state index contributed by atoms with van der Waals surface area (Å²) in [7, 11) is 1.21. The van der Waals surface area contributed by atoms with E-state index in [0.717, 1.165) is 0 Å². The molecule has 1 aromatic rings. The van der Waals surface area contributed by atoms with E-state index in [4.69, 9.17) is 9.15 Å². The van der Waals surface area contributed by atoms with Crippen LogP contribution in [0.4, 0.5) is 4.79 Å². The summed E-state index contributed by atoms with van der Waals surface area (Å²) in [5, 5.41) is 2.55. The molecule has 1 saturated carbocycles. The van der Waals surface area contributed by atoms with Crippen molar-refractivity contribution >= 4 is 17.8 Å². The Labute approximate surface area is 127 Å². The number of furan rings is 1. The summed E-state index contributed by atoms with van der Waals surface area (Å²) >= 11 is 0. The van der Waals surface area contributed by atoms with Crippen molar-refractivity contribution in [2.75, 3.05) is 13.7 Å². The van der Waals surface area contributed by atoms with Gasteiger partial charge in [-0.2, -0.15) is 0 Å². The summed E-state index contributed by atoms with van der Waals surface area (Å²) in [6, 6.07) is 2.27. The molecule has 7 nitrogen and oxygen atoms in total. The molecule has 0 aliphatic heterocycles. The van der Waals surface area contributed by atoms with Gasteiger partial charge in [-0.15, -0.1) is 0 Å². The Bertz CT molecular complexity index is 552.